The van der Waals surface area contributed by atoms with E-state index in [-0.39, 0.29) is 22.7 Å². The van der Waals surface area contributed by atoms with Crippen LogP contribution in [0.15, 0.2) is 47.4 Å². The van der Waals surface area contributed by atoms with Crippen molar-refractivity contribution in [3.63, 3.8) is 0 Å². The first kappa shape index (κ1) is 23.7. The van der Waals surface area contributed by atoms with Crippen molar-refractivity contribution in [3.8, 4) is 0 Å². The van der Waals surface area contributed by atoms with Crippen molar-refractivity contribution in [2.75, 3.05) is 5.32 Å². The summed E-state index contributed by atoms with van der Waals surface area (Å²) in [6, 6.07) is 4.72. The van der Waals surface area contributed by atoms with Gasteiger partial charge in [-0.1, -0.05) is 0 Å². The Morgan fingerprint density at radius 3 is 1.73 bits per heavy atom. The first-order chi connectivity index (χ1) is 13.6. The number of sulfonamides is 1. The van der Waals surface area contributed by atoms with Crippen LogP contribution < -0.4 is 10.0 Å². The summed E-state index contributed by atoms with van der Waals surface area (Å²) in [7, 11) is -3.81. The van der Waals surface area contributed by atoms with Crippen LogP contribution in [0.4, 0.5) is 32.0 Å². The molecule has 0 aromatic heterocycles. The molecule has 0 fully saturated rings. The van der Waals surface area contributed by atoms with Gasteiger partial charge in [0.2, 0.25) is 10.0 Å². The van der Waals surface area contributed by atoms with Crippen molar-refractivity contribution >= 4 is 21.6 Å². The number of carbonyl (C=O) groups is 1. The Balaban J connectivity index is 2.32. The SMILES string of the molecule is CC(C)NS(=O)(=O)c1ccc(NC(=O)c2cc(C(F)(F)F)cc(C(F)(F)F)c2)cc1. The monoisotopic (exact) mass is 454 g/mol. The van der Waals surface area contributed by atoms with Gasteiger partial charge in [0, 0.05) is 17.3 Å². The molecule has 0 bridgehead atoms. The van der Waals surface area contributed by atoms with Crippen molar-refractivity contribution < 1.29 is 39.6 Å². The van der Waals surface area contributed by atoms with Crippen molar-refractivity contribution in [1.82, 2.24) is 4.72 Å². The van der Waals surface area contributed by atoms with Gasteiger partial charge in [0.05, 0.1) is 16.0 Å². The van der Waals surface area contributed by atoms with Crippen LogP contribution >= 0.6 is 0 Å². The maximum Gasteiger partial charge on any atom is 0.416 e. The van der Waals surface area contributed by atoms with Crippen LogP contribution in [-0.2, 0) is 22.4 Å². The zero-order valence-electron chi connectivity index (χ0n) is 15.5. The van der Waals surface area contributed by atoms with Crippen LogP contribution in [-0.4, -0.2) is 20.4 Å². The van der Waals surface area contributed by atoms with E-state index >= 15 is 0 Å². The summed E-state index contributed by atoms with van der Waals surface area (Å²) in [4.78, 5) is 12.1. The molecule has 30 heavy (non-hydrogen) atoms. The quantitative estimate of drug-likeness (QED) is 0.646. The molecule has 0 unspecified atom stereocenters. The second-order valence-electron chi connectivity index (χ2n) is 6.55. The Labute approximate surface area is 168 Å². The lowest BCUT2D eigenvalue weighted by Gasteiger charge is -2.14. The summed E-state index contributed by atoms with van der Waals surface area (Å²) in [6.45, 7) is 3.22. The molecular weight excluding hydrogens is 438 g/mol. The summed E-state index contributed by atoms with van der Waals surface area (Å²) < 4.78 is 104. The summed E-state index contributed by atoms with van der Waals surface area (Å²) in [5.41, 5.74) is -4.11. The maximum atomic E-state index is 12.9. The predicted molar refractivity (Wildman–Crippen MR) is 96.3 cm³/mol. The summed E-state index contributed by atoms with van der Waals surface area (Å²) >= 11 is 0. The third kappa shape index (κ3) is 5.95. The van der Waals surface area contributed by atoms with Gasteiger partial charge in [-0.3, -0.25) is 4.79 Å². The normalized spacial score (nSPS) is 12.8. The molecule has 0 radical (unpaired) electrons. The fourth-order valence-electron chi connectivity index (χ4n) is 2.39. The Hall–Kier alpha value is -2.60. The van der Waals surface area contributed by atoms with E-state index in [9.17, 15) is 39.6 Å². The first-order valence-corrected chi connectivity index (χ1v) is 9.81. The average Bonchev–Trinajstić information content (AvgIpc) is 2.59. The smallest absolute Gasteiger partial charge is 0.322 e. The lowest BCUT2D eigenvalue weighted by atomic mass is 10.0. The molecule has 5 nitrogen and oxygen atoms in total. The van der Waals surface area contributed by atoms with E-state index in [0.29, 0.717) is 12.1 Å². The van der Waals surface area contributed by atoms with Crippen molar-refractivity contribution in [3.05, 3.63) is 59.2 Å². The molecule has 164 valence electrons. The molecule has 0 spiro atoms. The van der Waals surface area contributed by atoms with Crippen molar-refractivity contribution in [2.45, 2.75) is 37.1 Å². The minimum absolute atomic E-state index is 0.0190. The fourth-order valence-corrected chi connectivity index (χ4v) is 3.64. The Morgan fingerprint density at radius 1 is 0.867 bits per heavy atom. The average molecular weight is 454 g/mol. The molecule has 0 atom stereocenters. The molecule has 0 aliphatic heterocycles. The van der Waals surface area contributed by atoms with E-state index in [4.69, 9.17) is 0 Å². The van der Waals surface area contributed by atoms with Crippen molar-refractivity contribution in [2.24, 2.45) is 0 Å². The van der Waals surface area contributed by atoms with Crippen LogP contribution in [0.5, 0.6) is 0 Å². The fraction of sp³-hybridized carbons (Fsp3) is 0.278. The van der Waals surface area contributed by atoms with Crippen LogP contribution in [0.3, 0.4) is 0 Å². The number of hydrogen-bond donors (Lipinski definition) is 2. The van der Waals surface area contributed by atoms with E-state index < -0.39 is 45.0 Å². The number of amides is 1. The summed E-state index contributed by atoms with van der Waals surface area (Å²) in [5.74, 6) is -1.22. The third-order valence-electron chi connectivity index (χ3n) is 3.66. The molecule has 0 heterocycles. The van der Waals surface area contributed by atoms with Gasteiger partial charge in [0.1, 0.15) is 0 Å². The number of carbonyl (C=O) groups excluding carboxylic acids is 1. The highest BCUT2D eigenvalue weighted by Crippen LogP contribution is 2.36. The standard InChI is InChI=1S/C18H16F6N2O3S/c1-10(2)26-30(28,29)15-5-3-14(4-6-15)25-16(27)11-7-12(17(19,20)21)9-13(8-11)18(22,23)24/h3-10,26H,1-2H3,(H,25,27). The van der Waals surface area contributed by atoms with Gasteiger partial charge in [-0.15, -0.1) is 0 Å². The number of benzene rings is 2. The topological polar surface area (TPSA) is 75.3 Å². The van der Waals surface area contributed by atoms with E-state index in [2.05, 4.69) is 10.0 Å². The molecule has 2 aromatic carbocycles. The van der Waals surface area contributed by atoms with E-state index in [0.717, 1.165) is 24.3 Å². The van der Waals surface area contributed by atoms with Crippen LogP contribution in [0.25, 0.3) is 0 Å². The Kier molecular flexibility index (Phi) is 6.52. The van der Waals surface area contributed by atoms with E-state index in [1.165, 1.54) is 0 Å². The molecular formula is C18H16F6N2O3S. The molecule has 12 heteroatoms. The minimum atomic E-state index is -5.09. The van der Waals surface area contributed by atoms with Crippen LogP contribution in [0.2, 0.25) is 0 Å². The van der Waals surface area contributed by atoms with E-state index in [1.807, 2.05) is 0 Å². The third-order valence-corrected chi connectivity index (χ3v) is 5.34. The van der Waals surface area contributed by atoms with Gasteiger partial charge < -0.3 is 5.32 Å². The maximum absolute atomic E-state index is 12.9. The lowest BCUT2D eigenvalue weighted by molar-refractivity contribution is -0.143. The molecule has 0 saturated carbocycles. The highest BCUT2D eigenvalue weighted by molar-refractivity contribution is 7.89. The summed E-state index contributed by atoms with van der Waals surface area (Å²) in [5, 5.41) is 2.15. The highest BCUT2D eigenvalue weighted by Gasteiger charge is 2.37. The Bertz CT molecular complexity index is 997. The molecule has 1 amide bonds. The number of rotatable bonds is 5. The van der Waals surface area contributed by atoms with Crippen LogP contribution in [0, 0.1) is 0 Å². The Morgan fingerprint density at radius 2 is 1.33 bits per heavy atom. The van der Waals surface area contributed by atoms with Gasteiger partial charge >= 0.3 is 12.4 Å². The van der Waals surface area contributed by atoms with Crippen LogP contribution in [0.1, 0.15) is 35.3 Å². The summed E-state index contributed by atoms with van der Waals surface area (Å²) in [6.07, 6.45) is -10.2. The predicted octanol–water partition coefficient (Wildman–Crippen LogP) is 4.66. The number of alkyl halides is 6. The minimum Gasteiger partial charge on any atom is -0.322 e. The zero-order chi connectivity index (χ0) is 22.9. The van der Waals surface area contributed by atoms with Gasteiger partial charge in [-0.25, -0.2) is 13.1 Å². The number of hydrogen-bond acceptors (Lipinski definition) is 3. The largest absolute Gasteiger partial charge is 0.416 e. The molecule has 0 aliphatic carbocycles. The van der Waals surface area contributed by atoms with Crippen molar-refractivity contribution in [1.29, 1.82) is 0 Å². The lowest BCUT2D eigenvalue weighted by Crippen LogP contribution is -2.30. The molecule has 0 aliphatic rings. The second kappa shape index (κ2) is 8.26. The first-order valence-electron chi connectivity index (χ1n) is 8.33. The number of nitrogens with one attached hydrogen (secondary N) is 2. The van der Waals surface area contributed by atoms with Gasteiger partial charge in [0.25, 0.3) is 5.91 Å². The zero-order valence-corrected chi connectivity index (χ0v) is 16.3. The highest BCUT2D eigenvalue weighted by atomic mass is 32.2. The molecule has 2 N–H and O–H groups in total. The second-order valence-corrected chi connectivity index (χ2v) is 8.26. The van der Waals surface area contributed by atoms with E-state index in [1.54, 1.807) is 13.8 Å². The van der Waals surface area contributed by atoms with Gasteiger partial charge in [0.15, 0.2) is 0 Å². The van der Waals surface area contributed by atoms with Gasteiger partial charge in [-0.2, -0.15) is 26.3 Å². The van der Waals surface area contributed by atoms with Gasteiger partial charge in [-0.05, 0) is 56.3 Å². The molecule has 2 rings (SSSR count). The molecule has 2 aromatic rings. The number of halogens is 6. The number of anilines is 1. The molecule has 0 saturated heterocycles.